The van der Waals surface area contributed by atoms with E-state index in [0.717, 1.165) is 7.11 Å². The molecule has 0 aliphatic carbocycles. The molecule has 90 valence electrons. The molecule has 1 aromatic heterocycles. The molecule has 2 N–H and O–H groups in total. The van der Waals surface area contributed by atoms with Gasteiger partial charge >= 0.3 is 30.8 Å². The summed E-state index contributed by atoms with van der Waals surface area (Å²) in [4.78, 5) is 21.9. The molecule has 0 radical (unpaired) electrons. The van der Waals surface area contributed by atoms with Gasteiger partial charge < -0.3 is 16.4 Å². The Hall–Kier alpha value is -1.29. The zero-order chi connectivity index (χ0) is 12.3. The normalized spacial score (nSPS) is 10.7. The van der Waals surface area contributed by atoms with E-state index in [-0.39, 0.29) is 26.7 Å². The van der Waals surface area contributed by atoms with Gasteiger partial charge in [0.1, 0.15) is 0 Å². The van der Waals surface area contributed by atoms with Gasteiger partial charge in [0.05, 0.1) is 6.20 Å². The molecule has 1 aromatic rings. The first-order valence-corrected chi connectivity index (χ1v) is 4.42. The van der Waals surface area contributed by atoms with Crippen LogP contribution in [0.5, 0.6) is 0 Å². The molecule has 0 saturated heterocycles. The second-order valence-electron chi connectivity index (χ2n) is 3.34. The third kappa shape index (κ3) is 3.09. The Morgan fingerprint density at radius 2 is 2.06 bits per heavy atom. The van der Waals surface area contributed by atoms with E-state index >= 15 is 0 Å². The van der Waals surface area contributed by atoms with Crippen molar-refractivity contribution in [2.24, 2.45) is 7.05 Å². The van der Waals surface area contributed by atoms with E-state index in [1.54, 1.807) is 13.2 Å². The number of aryl methyl sites for hydroxylation is 1. The second-order valence-corrected chi connectivity index (χ2v) is 3.34. The van der Waals surface area contributed by atoms with E-state index in [2.05, 4.69) is 9.84 Å². The summed E-state index contributed by atoms with van der Waals surface area (Å²) in [6.45, 7) is 0. The minimum atomic E-state index is -2.26. The molecule has 1 rings (SSSR count). The van der Waals surface area contributed by atoms with Gasteiger partial charge in [-0.1, -0.05) is 0 Å². The molecule has 0 aliphatic heterocycles. The summed E-state index contributed by atoms with van der Waals surface area (Å²) in [5.41, 5.74) is -1.78. The van der Waals surface area contributed by atoms with Crippen molar-refractivity contribution in [3.63, 3.8) is 0 Å². The number of carboxylic acids is 2. The molecule has 7 nitrogen and oxygen atoms in total. The van der Waals surface area contributed by atoms with Crippen LogP contribution in [-0.4, -0.2) is 44.6 Å². The fraction of sp³-hybridized carbons (Fsp3) is 0.444. The number of hydrogen-bond donors (Lipinski definition) is 2. The second kappa shape index (κ2) is 5.86. The van der Waals surface area contributed by atoms with Crippen LogP contribution in [0, 0.1) is 0 Å². The molecular formula is C9H13LiN2O5. The summed E-state index contributed by atoms with van der Waals surface area (Å²) in [6, 6.07) is 0. The van der Waals surface area contributed by atoms with Crippen LogP contribution >= 0.6 is 0 Å². The van der Waals surface area contributed by atoms with Crippen molar-refractivity contribution in [1.29, 1.82) is 0 Å². The minimum Gasteiger partial charge on any atom is -1.00 e. The first kappa shape index (κ1) is 15.7. The number of hydrogen-bond acceptors (Lipinski definition) is 4. The van der Waals surface area contributed by atoms with Gasteiger partial charge in [0.25, 0.3) is 5.60 Å². The number of aliphatic carboxylic acids is 2. The zero-order valence-corrected chi connectivity index (χ0v) is 9.88. The Labute approximate surface area is 111 Å². The molecular weight excluding hydrogens is 223 g/mol. The number of carboxylic acid groups (broad SMARTS) is 2. The van der Waals surface area contributed by atoms with Crippen LogP contribution in [0.2, 0.25) is 0 Å². The predicted octanol–water partition coefficient (Wildman–Crippen LogP) is -3.37. The number of rotatable bonds is 5. The van der Waals surface area contributed by atoms with Gasteiger partial charge in [0.2, 0.25) is 0 Å². The molecule has 1 heterocycles. The molecule has 0 spiro atoms. The van der Waals surface area contributed by atoms with Gasteiger partial charge in [0, 0.05) is 26.8 Å². The molecule has 0 atom stereocenters. The molecule has 0 unspecified atom stereocenters. The Bertz CT molecular complexity index is 409. The van der Waals surface area contributed by atoms with E-state index in [4.69, 9.17) is 10.2 Å². The Morgan fingerprint density at radius 3 is 2.35 bits per heavy atom. The number of aromatic nitrogens is 2. The van der Waals surface area contributed by atoms with E-state index in [9.17, 15) is 9.59 Å². The smallest absolute Gasteiger partial charge is 1.00 e. The van der Waals surface area contributed by atoms with E-state index in [1.165, 1.54) is 10.9 Å². The Morgan fingerprint density at radius 1 is 1.53 bits per heavy atom. The van der Waals surface area contributed by atoms with Gasteiger partial charge in [-0.15, -0.1) is 0 Å². The Balaban J connectivity index is 0. The molecule has 0 saturated carbocycles. The van der Waals surface area contributed by atoms with Crippen molar-refractivity contribution in [1.82, 2.24) is 9.78 Å². The summed E-state index contributed by atoms with van der Waals surface area (Å²) in [7, 11) is 2.71. The maximum Gasteiger partial charge on any atom is 1.00 e. The van der Waals surface area contributed by atoms with E-state index < -0.39 is 17.5 Å². The summed E-state index contributed by atoms with van der Waals surface area (Å²) in [5.74, 6) is -3.07. The average Bonchev–Trinajstić information content (AvgIpc) is 2.59. The summed E-state index contributed by atoms with van der Waals surface area (Å²) in [5, 5.41) is 21.7. The topological polar surface area (TPSA) is 102 Å². The van der Waals surface area contributed by atoms with Crippen LogP contribution in [0.4, 0.5) is 0 Å². The minimum absolute atomic E-state index is 0. The van der Waals surface area contributed by atoms with Crippen LogP contribution in [0.25, 0.3) is 0 Å². The van der Waals surface area contributed by atoms with Crippen molar-refractivity contribution in [3.05, 3.63) is 18.0 Å². The van der Waals surface area contributed by atoms with Crippen molar-refractivity contribution < 1.29 is 44.8 Å². The molecule has 8 heteroatoms. The monoisotopic (exact) mass is 236 g/mol. The molecule has 0 bridgehead atoms. The fourth-order valence-corrected chi connectivity index (χ4v) is 1.34. The largest absolute Gasteiger partial charge is 1.00 e. The first-order valence-electron chi connectivity index (χ1n) is 4.42. The number of nitrogens with zero attached hydrogens (tertiary/aromatic N) is 2. The first-order chi connectivity index (χ1) is 7.42. The van der Waals surface area contributed by atoms with Gasteiger partial charge in [-0.2, -0.15) is 5.10 Å². The van der Waals surface area contributed by atoms with Crippen LogP contribution < -0.4 is 18.9 Å². The third-order valence-electron chi connectivity index (χ3n) is 2.25. The fourth-order valence-electron chi connectivity index (χ4n) is 1.34. The van der Waals surface area contributed by atoms with Gasteiger partial charge in [-0.25, -0.2) is 9.59 Å². The standard InChI is InChI=1S/C9H12N2O5.Li.H/c1-11-5-6(4-10-11)3-9(16-2,7(12)13)8(14)15;;/h4-5H,3H2,1-2H3,(H,12,13)(H,14,15);;/q;+1;-1. The summed E-state index contributed by atoms with van der Waals surface area (Å²) in [6.07, 6.45) is 2.67. The number of ether oxygens (including phenoxy) is 1. The van der Waals surface area contributed by atoms with E-state index in [0.29, 0.717) is 5.56 Å². The average molecular weight is 236 g/mol. The molecule has 17 heavy (non-hydrogen) atoms. The molecule has 0 aromatic carbocycles. The van der Waals surface area contributed by atoms with Gasteiger partial charge in [-0.3, -0.25) is 4.68 Å². The van der Waals surface area contributed by atoms with Crippen LogP contribution in [0.1, 0.15) is 6.99 Å². The quantitative estimate of drug-likeness (QED) is 0.409. The molecule has 0 amide bonds. The molecule has 0 aliphatic rings. The maximum absolute atomic E-state index is 11.0. The summed E-state index contributed by atoms with van der Waals surface area (Å²) < 4.78 is 6.10. The van der Waals surface area contributed by atoms with Gasteiger partial charge in [0.15, 0.2) is 0 Å². The van der Waals surface area contributed by atoms with Crippen LogP contribution in [-0.2, 0) is 27.8 Å². The van der Waals surface area contributed by atoms with Crippen molar-refractivity contribution in [2.45, 2.75) is 12.0 Å². The number of methoxy groups -OCH3 is 1. The van der Waals surface area contributed by atoms with Crippen LogP contribution in [0.3, 0.4) is 0 Å². The molecule has 0 fully saturated rings. The predicted molar refractivity (Wildman–Crippen MR) is 53.0 cm³/mol. The summed E-state index contributed by atoms with van der Waals surface area (Å²) >= 11 is 0. The van der Waals surface area contributed by atoms with Crippen molar-refractivity contribution in [3.8, 4) is 0 Å². The zero-order valence-electron chi connectivity index (χ0n) is 10.9. The van der Waals surface area contributed by atoms with Crippen molar-refractivity contribution in [2.75, 3.05) is 7.11 Å². The maximum atomic E-state index is 11.0. The SMILES string of the molecule is COC(Cc1cnn(C)c1)(C(=O)O)C(=O)O.[H-].[Li+]. The van der Waals surface area contributed by atoms with Crippen LogP contribution in [0.15, 0.2) is 12.4 Å². The van der Waals surface area contributed by atoms with Gasteiger partial charge in [-0.05, 0) is 5.56 Å². The third-order valence-corrected chi connectivity index (χ3v) is 2.25. The number of carbonyl (C=O) groups is 2. The van der Waals surface area contributed by atoms with Crippen molar-refractivity contribution >= 4 is 11.9 Å². The Kier molecular flexibility index (Phi) is 5.42. The van der Waals surface area contributed by atoms with E-state index in [1.807, 2.05) is 0 Å².